The van der Waals surface area contributed by atoms with E-state index in [2.05, 4.69) is 10.4 Å². The number of benzene rings is 2. The topological polar surface area (TPSA) is 65.4 Å². The van der Waals surface area contributed by atoms with Crippen molar-refractivity contribution in [1.29, 1.82) is 0 Å². The summed E-state index contributed by atoms with van der Waals surface area (Å²) in [5, 5.41) is 7.39. The summed E-state index contributed by atoms with van der Waals surface area (Å²) in [6.45, 7) is 3.25. The zero-order valence-corrected chi connectivity index (χ0v) is 15.7. The third-order valence-electron chi connectivity index (χ3n) is 4.78. The van der Waals surface area contributed by atoms with Crippen molar-refractivity contribution in [3.05, 3.63) is 78.1 Å². The number of fused-ring (bicyclic) bond motifs is 1. The van der Waals surface area contributed by atoms with E-state index in [1.807, 2.05) is 61.5 Å². The summed E-state index contributed by atoms with van der Waals surface area (Å²) in [7, 11) is 0. The molecule has 0 radical (unpaired) electrons. The van der Waals surface area contributed by atoms with Gasteiger partial charge in [-0.25, -0.2) is 0 Å². The number of nitrogens with zero attached hydrogens (tertiary/aromatic N) is 2. The Morgan fingerprint density at radius 1 is 1.04 bits per heavy atom. The number of aromatic nitrogens is 2. The van der Waals surface area contributed by atoms with Gasteiger partial charge in [0.15, 0.2) is 17.5 Å². The first kappa shape index (κ1) is 18.1. The van der Waals surface area contributed by atoms with Crippen molar-refractivity contribution in [3.8, 4) is 11.5 Å². The molecule has 2 aromatic carbocycles. The van der Waals surface area contributed by atoms with Crippen LogP contribution in [-0.2, 0) is 4.79 Å². The maximum absolute atomic E-state index is 13.1. The summed E-state index contributed by atoms with van der Waals surface area (Å²) in [6, 6.07) is 16.6. The molecule has 1 aromatic heterocycles. The predicted octanol–water partition coefficient (Wildman–Crippen LogP) is 3.51. The summed E-state index contributed by atoms with van der Waals surface area (Å²) in [5.74, 6) is 1.36. The smallest absolute Gasteiger partial charge is 0.249 e. The normalized spacial score (nSPS) is 15.3. The van der Waals surface area contributed by atoms with Crippen molar-refractivity contribution in [2.45, 2.75) is 25.4 Å². The van der Waals surface area contributed by atoms with E-state index in [9.17, 15) is 4.79 Å². The molecule has 1 aliphatic rings. The first-order valence-electron chi connectivity index (χ1n) is 9.46. The molecule has 6 nitrogen and oxygen atoms in total. The third kappa shape index (κ3) is 3.86. The summed E-state index contributed by atoms with van der Waals surface area (Å²) in [6.07, 6.45) is 4.34. The van der Waals surface area contributed by atoms with Gasteiger partial charge in [0.2, 0.25) is 5.91 Å². The largest absolute Gasteiger partial charge is 0.490 e. The molecule has 3 aromatic rings. The average Bonchev–Trinajstić information content (AvgIpc) is 3.12. The highest BCUT2D eigenvalue weighted by atomic mass is 16.5. The molecule has 1 N–H and O–H groups in total. The van der Waals surface area contributed by atoms with E-state index in [0.717, 1.165) is 29.0 Å². The van der Waals surface area contributed by atoms with Crippen molar-refractivity contribution in [2.75, 3.05) is 13.2 Å². The summed E-state index contributed by atoms with van der Waals surface area (Å²) in [4.78, 5) is 13.1. The number of hydrogen-bond acceptors (Lipinski definition) is 4. The summed E-state index contributed by atoms with van der Waals surface area (Å²) in [5.41, 5.74) is 1.85. The number of ether oxygens (including phenoxy) is 2. The molecule has 1 aliphatic heterocycles. The van der Waals surface area contributed by atoms with Crippen LogP contribution < -0.4 is 14.8 Å². The fourth-order valence-electron chi connectivity index (χ4n) is 3.32. The first-order valence-corrected chi connectivity index (χ1v) is 9.46. The highest BCUT2D eigenvalue weighted by Gasteiger charge is 2.25. The summed E-state index contributed by atoms with van der Waals surface area (Å²) < 4.78 is 13.1. The van der Waals surface area contributed by atoms with Crippen LogP contribution >= 0.6 is 0 Å². The van der Waals surface area contributed by atoms with Crippen LogP contribution in [0, 0.1) is 0 Å². The molecule has 0 bridgehead atoms. The molecular weight excluding hydrogens is 354 g/mol. The Labute approximate surface area is 164 Å². The Balaban J connectivity index is 1.55. The molecule has 4 rings (SSSR count). The van der Waals surface area contributed by atoms with Gasteiger partial charge in [-0.05, 0) is 36.2 Å². The molecule has 2 atom stereocenters. The molecule has 0 spiro atoms. The van der Waals surface area contributed by atoms with Gasteiger partial charge < -0.3 is 14.8 Å². The first-order chi connectivity index (χ1) is 13.7. The van der Waals surface area contributed by atoms with Gasteiger partial charge in [-0.3, -0.25) is 9.48 Å². The molecule has 144 valence electrons. The van der Waals surface area contributed by atoms with Gasteiger partial charge in [-0.15, -0.1) is 0 Å². The molecule has 0 aliphatic carbocycles. The van der Waals surface area contributed by atoms with Crippen LogP contribution in [0.3, 0.4) is 0 Å². The number of amides is 1. The van der Waals surface area contributed by atoms with Gasteiger partial charge in [0.05, 0.1) is 19.3 Å². The highest BCUT2D eigenvalue weighted by molar-refractivity contribution is 5.83. The van der Waals surface area contributed by atoms with Gasteiger partial charge in [0.25, 0.3) is 0 Å². The van der Waals surface area contributed by atoms with Gasteiger partial charge in [-0.2, -0.15) is 5.10 Å². The highest BCUT2D eigenvalue weighted by Crippen LogP contribution is 2.32. The Morgan fingerprint density at radius 3 is 2.57 bits per heavy atom. The molecule has 2 heterocycles. The second-order valence-corrected chi connectivity index (χ2v) is 6.79. The number of carbonyl (C=O) groups excluding carboxylic acids is 1. The lowest BCUT2D eigenvalue weighted by Crippen LogP contribution is -2.35. The van der Waals surface area contributed by atoms with Crippen LogP contribution in [0.4, 0.5) is 0 Å². The fourth-order valence-corrected chi connectivity index (χ4v) is 3.32. The van der Waals surface area contributed by atoms with E-state index in [1.165, 1.54) is 0 Å². The lowest BCUT2D eigenvalue weighted by molar-refractivity contribution is -0.124. The van der Waals surface area contributed by atoms with E-state index < -0.39 is 6.04 Å². The molecule has 28 heavy (non-hydrogen) atoms. The minimum atomic E-state index is -0.529. The monoisotopic (exact) mass is 377 g/mol. The molecular formula is C22H23N3O3. The van der Waals surface area contributed by atoms with Gasteiger partial charge in [0, 0.05) is 18.8 Å². The third-order valence-corrected chi connectivity index (χ3v) is 4.78. The van der Waals surface area contributed by atoms with E-state index in [-0.39, 0.29) is 11.9 Å². The Bertz CT molecular complexity index is 925. The van der Waals surface area contributed by atoms with Crippen LogP contribution in [0.2, 0.25) is 0 Å². The maximum Gasteiger partial charge on any atom is 0.249 e. The Kier molecular flexibility index (Phi) is 5.28. The lowest BCUT2D eigenvalue weighted by atomic mass is 10.0. The minimum Gasteiger partial charge on any atom is -0.490 e. The molecule has 1 amide bonds. The molecule has 0 saturated heterocycles. The van der Waals surface area contributed by atoms with Crippen LogP contribution in [-0.4, -0.2) is 28.9 Å². The van der Waals surface area contributed by atoms with Crippen LogP contribution in [0.5, 0.6) is 11.5 Å². The minimum absolute atomic E-state index is 0.116. The average molecular weight is 377 g/mol. The Hall–Kier alpha value is -3.28. The Morgan fingerprint density at radius 2 is 1.82 bits per heavy atom. The van der Waals surface area contributed by atoms with Crippen molar-refractivity contribution in [1.82, 2.24) is 15.1 Å². The second kappa shape index (κ2) is 8.17. The van der Waals surface area contributed by atoms with Gasteiger partial charge >= 0.3 is 0 Å². The zero-order valence-electron chi connectivity index (χ0n) is 15.7. The SMILES string of the molecule is CC(NC(=O)C(c1ccccc1)n1cccn1)c1ccc2c(c1)OCCCO2. The molecule has 2 unspecified atom stereocenters. The number of carbonyl (C=O) groups is 1. The number of nitrogens with one attached hydrogen (secondary N) is 1. The van der Waals surface area contributed by atoms with Gasteiger partial charge in [0.1, 0.15) is 0 Å². The van der Waals surface area contributed by atoms with Crippen molar-refractivity contribution >= 4 is 5.91 Å². The number of rotatable bonds is 5. The van der Waals surface area contributed by atoms with Crippen LogP contribution in [0.1, 0.15) is 36.6 Å². The maximum atomic E-state index is 13.1. The van der Waals surface area contributed by atoms with E-state index in [4.69, 9.17) is 9.47 Å². The van der Waals surface area contributed by atoms with E-state index in [1.54, 1.807) is 17.1 Å². The quantitative estimate of drug-likeness (QED) is 0.739. The molecule has 6 heteroatoms. The van der Waals surface area contributed by atoms with E-state index >= 15 is 0 Å². The zero-order chi connectivity index (χ0) is 19.3. The van der Waals surface area contributed by atoms with Crippen LogP contribution in [0.25, 0.3) is 0 Å². The summed E-state index contributed by atoms with van der Waals surface area (Å²) >= 11 is 0. The molecule has 0 fully saturated rings. The van der Waals surface area contributed by atoms with Crippen molar-refractivity contribution in [3.63, 3.8) is 0 Å². The van der Waals surface area contributed by atoms with E-state index in [0.29, 0.717) is 13.2 Å². The predicted molar refractivity (Wildman–Crippen MR) is 105 cm³/mol. The van der Waals surface area contributed by atoms with Gasteiger partial charge in [-0.1, -0.05) is 36.4 Å². The molecule has 0 saturated carbocycles. The number of hydrogen-bond donors (Lipinski definition) is 1. The lowest BCUT2D eigenvalue weighted by Gasteiger charge is -2.22. The van der Waals surface area contributed by atoms with Crippen molar-refractivity contribution in [2.24, 2.45) is 0 Å². The fraction of sp³-hybridized carbons (Fsp3) is 0.273. The standard InChI is InChI=1S/C22H23N3O3/c1-16(18-9-10-19-20(15-18)28-14-6-13-27-19)24-22(26)21(25-12-5-11-23-25)17-7-3-2-4-8-17/h2-5,7-12,15-16,21H,6,13-14H2,1H3,(H,24,26). The van der Waals surface area contributed by atoms with Crippen molar-refractivity contribution < 1.29 is 14.3 Å². The second-order valence-electron chi connectivity index (χ2n) is 6.79. The van der Waals surface area contributed by atoms with Crippen LogP contribution in [0.15, 0.2) is 67.0 Å².